The minimum Gasteiger partial charge on any atom is -0.481 e. The van der Waals surface area contributed by atoms with Crippen molar-refractivity contribution in [3.8, 4) is 0 Å². The van der Waals surface area contributed by atoms with Crippen molar-refractivity contribution >= 4 is 28.8 Å². The van der Waals surface area contributed by atoms with Crippen LogP contribution in [0.3, 0.4) is 0 Å². The van der Waals surface area contributed by atoms with E-state index < -0.39 is 36.4 Å². The predicted octanol–water partition coefficient (Wildman–Crippen LogP) is 4.25. The zero-order valence-corrected chi connectivity index (χ0v) is 23.6. The molecule has 3 aromatic rings. The fraction of sp³-hybridized carbons (Fsp3) is 0.469. The molecule has 1 aliphatic carbocycles. The van der Waals surface area contributed by atoms with Crippen molar-refractivity contribution in [2.75, 3.05) is 19.7 Å². The van der Waals surface area contributed by atoms with Crippen LogP contribution in [0.25, 0.3) is 10.9 Å². The maximum absolute atomic E-state index is 10.3. The normalized spacial score (nSPS) is 24.1. The highest BCUT2D eigenvalue weighted by Crippen LogP contribution is 2.53. The third-order valence-electron chi connectivity index (χ3n) is 9.19. The molecule has 224 valence electrons. The van der Waals surface area contributed by atoms with Gasteiger partial charge < -0.3 is 30.1 Å². The summed E-state index contributed by atoms with van der Waals surface area (Å²) in [6, 6.07) is 20.0. The summed E-state index contributed by atoms with van der Waals surface area (Å²) in [5.41, 5.74) is 2.94. The first-order valence-electron chi connectivity index (χ1n) is 14.5. The second-order valence-electron chi connectivity index (χ2n) is 11.7. The number of para-hydroxylation sites is 1. The molecule has 0 amide bonds. The molecule has 10 heteroatoms. The summed E-state index contributed by atoms with van der Waals surface area (Å²) in [4.78, 5) is 37.0. The van der Waals surface area contributed by atoms with E-state index in [2.05, 4.69) is 64.5 Å². The Morgan fingerprint density at radius 1 is 0.857 bits per heavy atom. The SMILES string of the molecule is O=C(O)CC(O)(CC(=O)O)C(=O)O.c1ccc(C2(N3CCCC3)CCC3(CC2)OCCc2c3[nH]c3ccccc23)cc1. The molecule has 2 fully saturated rings. The minimum atomic E-state index is -2.74. The number of carboxylic acids is 3. The monoisotopic (exact) mass is 578 g/mol. The van der Waals surface area contributed by atoms with Crippen molar-refractivity contribution < 1.29 is 39.5 Å². The molecule has 1 saturated carbocycles. The van der Waals surface area contributed by atoms with Gasteiger partial charge in [0.15, 0.2) is 5.60 Å². The summed E-state index contributed by atoms with van der Waals surface area (Å²) in [6.45, 7) is 3.32. The molecule has 0 radical (unpaired) electrons. The second-order valence-corrected chi connectivity index (χ2v) is 11.7. The molecular weight excluding hydrogens is 540 g/mol. The Hall–Kier alpha value is -3.73. The quantitative estimate of drug-likeness (QED) is 0.276. The molecule has 2 aliphatic heterocycles. The number of rotatable bonds is 7. The lowest BCUT2D eigenvalue weighted by Crippen LogP contribution is -2.51. The van der Waals surface area contributed by atoms with Crippen LogP contribution in [0, 0.1) is 0 Å². The molecule has 1 saturated heterocycles. The van der Waals surface area contributed by atoms with Gasteiger partial charge in [0.05, 0.1) is 25.1 Å². The van der Waals surface area contributed by atoms with Gasteiger partial charge in [0.25, 0.3) is 0 Å². The molecule has 10 nitrogen and oxygen atoms in total. The largest absolute Gasteiger partial charge is 0.481 e. The number of carboxylic acid groups (broad SMARTS) is 3. The van der Waals surface area contributed by atoms with E-state index in [0.717, 1.165) is 25.9 Å². The van der Waals surface area contributed by atoms with E-state index >= 15 is 0 Å². The van der Waals surface area contributed by atoms with Crippen LogP contribution < -0.4 is 0 Å². The van der Waals surface area contributed by atoms with Crippen molar-refractivity contribution in [3.63, 3.8) is 0 Å². The minimum absolute atomic E-state index is 0.134. The van der Waals surface area contributed by atoms with Crippen LogP contribution in [0.2, 0.25) is 0 Å². The Morgan fingerprint density at radius 2 is 1.45 bits per heavy atom. The Balaban J connectivity index is 0.000000232. The maximum Gasteiger partial charge on any atom is 0.336 e. The fourth-order valence-electron chi connectivity index (χ4n) is 7.13. The Kier molecular flexibility index (Phi) is 8.41. The van der Waals surface area contributed by atoms with Crippen LogP contribution in [0.15, 0.2) is 54.6 Å². The van der Waals surface area contributed by atoms with Crippen LogP contribution in [-0.4, -0.2) is 73.5 Å². The van der Waals surface area contributed by atoms with Gasteiger partial charge in [-0.1, -0.05) is 48.5 Å². The van der Waals surface area contributed by atoms with E-state index in [4.69, 9.17) is 25.2 Å². The number of carbonyl (C=O) groups is 3. The molecule has 2 aromatic carbocycles. The number of fused-ring (bicyclic) bond motifs is 4. The van der Waals surface area contributed by atoms with Crippen LogP contribution in [0.1, 0.15) is 68.2 Å². The molecular formula is C32H38N2O8. The zero-order chi connectivity index (χ0) is 30.0. The first kappa shape index (κ1) is 29.8. The fourth-order valence-corrected chi connectivity index (χ4v) is 7.13. The molecule has 6 rings (SSSR count). The van der Waals surface area contributed by atoms with Gasteiger partial charge in [-0.05, 0) is 75.2 Å². The van der Waals surface area contributed by atoms with Gasteiger partial charge in [0.2, 0.25) is 0 Å². The zero-order valence-electron chi connectivity index (χ0n) is 23.6. The molecule has 0 unspecified atom stereocenters. The van der Waals surface area contributed by atoms with Crippen molar-refractivity contribution in [3.05, 3.63) is 71.4 Å². The van der Waals surface area contributed by atoms with Gasteiger partial charge in [0, 0.05) is 16.4 Å². The Bertz CT molecular complexity index is 1420. The van der Waals surface area contributed by atoms with Crippen molar-refractivity contribution in [1.29, 1.82) is 0 Å². The lowest BCUT2D eigenvalue weighted by atomic mass is 9.67. The van der Waals surface area contributed by atoms with Gasteiger partial charge in [-0.25, -0.2) is 4.79 Å². The molecule has 1 spiro atoms. The smallest absolute Gasteiger partial charge is 0.336 e. The van der Waals surface area contributed by atoms with Crippen molar-refractivity contribution in [1.82, 2.24) is 9.88 Å². The lowest BCUT2D eigenvalue weighted by Gasteiger charge is -2.51. The van der Waals surface area contributed by atoms with E-state index in [0.29, 0.717) is 0 Å². The number of likely N-dealkylation sites (tertiary alicyclic amines) is 1. The lowest BCUT2D eigenvalue weighted by molar-refractivity contribution is -0.170. The number of nitrogens with one attached hydrogen (secondary N) is 1. The topological polar surface area (TPSA) is 160 Å². The molecule has 0 bridgehead atoms. The highest BCUT2D eigenvalue weighted by molar-refractivity contribution is 5.88. The van der Waals surface area contributed by atoms with E-state index in [1.165, 1.54) is 66.5 Å². The van der Waals surface area contributed by atoms with Gasteiger partial charge >= 0.3 is 17.9 Å². The van der Waals surface area contributed by atoms with Crippen LogP contribution in [0.5, 0.6) is 0 Å². The van der Waals surface area contributed by atoms with E-state index in [1.54, 1.807) is 0 Å². The third-order valence-corrected chi connectivity index (χ3v) is 9.19. The van der Waals surface area contributed by atoms with Crippen molar-refractivity contribution in [2.45, 2.75) is 74.5 Å². The summed E-state index contributed by atoms with van der Waals surface area (Å²) in [5.74, 6) is -5.02. The Labute approximate surface area is 243 Å². The number of H-pyrrole nitrogens is 1. The summed E-state index contributed by atoms with van der Waals surface area (Å²) >= 11 is 0. The van der Waals surface area contributed by atoms with Gasteiger partial charge in [-0.2, -0.15) is 0 Å². The highest BCUT2D eigenvalue weighted by atomic mass is 16.5. The van der Waals surface area contributed by atoms with E-state index in [-0.39, 0.29) is 11.1 Å². The number of benzene rings is 2. The summed E-state index contributed by atoms with van der Waals surface area (Å²) in [6.07, 6.45) is 5.94. The molecule has 3 aliphatic rings. The number of aromatic amines is 1. The standard InChI is InChI=1S/C26H30N2O.C6H8O7/c1-2-8-20(9-3-1)25(28-17-6-7-18-28)13-15-26(16-14-25)24-22(12-19-29-26)21-10-4-5-11-23(21)27-24;7-3(8)1-6(13,5(11)12)2-4(9)10/h1-5,8-11,27H,6-7,12-19H2;13H,1-2H2,(H,7,8)(H,9,10)(H,11,12). The number of aliphatic hydroxyl groups is 1. The molecule has 1 aromatic heterocycles. The van der Waals surface area contributed by atoms with Gasteiger partial charge in [-0.3, -0.25) is 14.5 Å². The highest BCUT2D eigenvalue weighted by Gasteiger charge is 2.51. The van der Waals surface area contributed by atoms with Gasteiger partial charge in [0.1, 0.15) is 5.60 Å². The van der Waals surface area contributed by atoms with Crippen molar-refractivity contribution in [2.24, 2.45) is 0 Å². The first-order chi connectivity index (χ1) is 20.1. The molecule has 0 atom stereocenters. The maximum atomic E-state index is 10.3. The van der Waals surface area contributed by atoms with E-state index in [9.17, 15) is 14.4 Å². The summed E-state index contributed by atoms with van der Waals surface area (Å²) in [7, 11) is 0. The number of nitrogens with zero attached hydrogens (tertiary/aromatic N) is 1. The van der Waals surface area contributed by atoms with Crippen LogP contribution >= 0.6 is 0 Å². The average Bonchev–Trinajstić information content (AvgIpc) is 3.64. The van der Waals surface area contributed by atoms with Crippen LogP contribution in [-0.2, 0) is 36.7 Å². The number of aromatic nitrogens is 1. The number of aliphatic carboxylic acids is 3. The van der Waals surface area contributed by atoms with E-state index in [1.807, 2.05) is 0 Å². The molecule has 42 heavy (non-hydrogen) atoms. The number of ether oxygens (including phenoxy) is 1. The molecule has 3 heterocycles. The molecule has 5 N–H and O–H groups in total. The summed E-state index contributed by atoms with van der Waals surface area (Å²) in [5, 5.41) is 35.2. The number of hydrogen-bond donors (Lipinski definition) is 5. The first-order valence-corrected chi connectivity index (χ1v) is 14.5. The third kappa shape index (κ3) is 5.66. The average molecular weight is 579 g/mol. The van der Waals surface area contributed by atoms with Gasteiger partial charge in [-0.15, -0.1) is 0 Å². The van der Waals surface area contributed by atoms with Crippen LogP contribution in [0.4, 0.5) is 0 Å². The predicted molar refractivity (Wildman–Crippen MR) is 154 cm³/mol. The number of hydrogen-bond acceptors (Lipinski definition) is 6. The Morgan fingerprint density at radius 3 is 2.05 bits per heavy atom. The summed E-state index contributed by atoms with van der Waals surface area (Å²) < 4.78 is 6.60. The second kappa shape index (κ2) is 11.9.